The highest BCUT2D eigenvalue weighted by Gasteiger charge is 2.43. The van der Waals surface area contributed by atoms with Crippen molar-refractivity contribution in [3.05, 3.63) is 0 Å². The maximum absolute atomic E-state index is 11.7. The van der Waals surface area contributed by atoms with Crippen LogP contribution in [-0.2, 0) is 19.1 Å². The number of ether oxygens (including phenoxy) is 2. The van der Waals surface area contributed by atoms with E-state index in [0.29, 0.717) is 18.7 Å². The van der Waals surface area contributed by atoms with Crippen LogP contribution in [-0.4, -0.2) is 31.0 Å². The van der Waals surface area contributed by atoms with Gasteiger partial charge in [-0.05, 0) is 33.6 Å². The van der Waals surface area contributed by atoms with E-state index in [0.717, 1.165) is 0 Å². The van der Waals surface area contributed by atoms with Crippen LogP contribution in [0.2, 0.25) is 0 Å². The van der Waals surface area contributed by atoms with E-state index in [-0.39, 0.29) is 13.2 Å². The van der Waals surface area contributed by atoms with Gasteiger partial charge in [0.05, 0.1) is 13.2 Å². The number of alkyl halides is 1. The fourth-order valence-corrected chi connectivity index (χ4v) is 1.42. The number of carbonyl (C=O) groups is 2. The van der Waals surface area contributed by atoms with Gasteiger partial charge in [0.1, 0.15) is 0 Å². The second-order valence-electron chi connectivity index (χ2n) is 3.57. The third kappa shape index (κ3) is 4.00. The Morgan fingerprint density at radius 3 is 1.88 bits per heavy atom. The standard InChI is InChI=1S/C11H19ClO4/c1-4-15-9(13)11(3,7-6-8-12)10(14)16-5-2/h4-8H2,1-3H3. The van der Waals surface area contributed by atoms with E-state index < -0.39 is 17.4 Å². The molecule has 0 saturated carbocycles. The molecule has 0 aliphatic heterocycles. The first kappa shape index (κ1) is 15.2. The number of esters is 2. The third-order valence-corrected chi connectivity index (χ3v) is 2.53. The molecule has 0 aliphatic rings. The van der Waals surface area contributed by atoms with Crippen molar-refractivity contribution in [1.82, 2.24) is 0 Å². The monoisotopic (exact) mass is 250 g/mol. The summed E-state index contributed by atoms with van der Waals surface area (Å²) < 4.78 is 9.78. The summed E-state index contributed by atoms with van der Waals surface area (Å²) in [5.41, 5.74) is -1.24. The Morgan fingerprint density at radius 2 is 1.56 bits per heavy atom. The molecule has 0 heterocycles. The Balaban J connectivity index is 4.71. The molecule has 4 nitrogen and oxygen atoms in total. The fourth-order valence-electron chi connectivity index (χ4n) is 1.29. The SMILES string of the molecule is CCOC(=O)C(C)(CCCCl)C(=O)OCC. The lowest BCUT2D eigenvalue weighted by atomic mass is 9.85. The van der Waals surface area contributed by atoms with Gasteiger partial charge < -0.3 is 9.47 Å². The van der Waals surface area contributed by atoms with Gasteiger partial charge in [-0.15, -0.1) is 11.6 Å². The average molecular weight is 251 g/mol. The lowest BCUT2D eigenvalue weighted by Crippen LogP contribution is -2.39. The van der Waals surface area contributed by atoms with Crippen LogP contribution in [0, 0.1) is 5.41 Å². The van der Waals surface area contributed by atoms with Gasteiger partial charge in [0.2, 0.25) is 0 Å². The van der Waals surface area contributed by atoms with Crippen molar-refractivity contribution in [2.24, 2.45) is 5.41 Å². The minimum Gasteiger partial charge on any atom is -0.465 e. The Morgan fingerprint density at radius 1 is 1.12 bits per heavy atom. The minimum atomic E-state index is -1.24. The number of hydrogen-bond acceptors (Lipinski definition) is 4. The average Bonchev–Trinajstić information content (AvgIpc) is 2.26. The Bertz CT molecular complexity index is 222. The quantitative estimate of drug-likeness (QED) is 0.395. The molecule has 16 heavy (non-hydrogen) atoms. The second kappa shape index (κ2) is 7.49. The molecule has 0 fully saturated rings. The van der Waals surface area contributed by atoms with Crippen LogP contribution in [0.5, 0.6) is 0 Å². The topological polar surface area (TPSA) is 52.6 Å². The summed E-state index contributed by atoms with van der Waals surface area (Å²) in [6.45, 7) is 5.43. The van der Waals surface area contributed by atoms with Gasteiger partial charge in [0, 0.05) is 5.88 Å². The van der Waals surface area contributed by atoms with Crippen LogP contribution < -0.4 is 0 Å². The molecule has 0 aromatic heterocycles. The summed E-state index contributed by atoms with van der Waals surface area (Å²) in [7, 11) is 0. The predicted molar refractivity (Wildman–Crippen MR) is 61.3 cm³/mol. The molecular formula is C11H19ClO4. The van der Waals surface area contributed by atoms with E-state index in [1.54, 1.807) is 13.8 Å². The highest BCUT2D eigenvalue weighted by molar-refractivity contribution is 6.17. The first-order chi connectivity index (χ1) is 7.52. The molecule has 0 aromatic carbocycles. The predicted octanol–water partition coefficient (Wildman–Crippen LogP) is 2.14. The Labute approximate surface area is 101 Å². The van der Waals surface area contributed by atoms with Gasteiger partial charge in [0.25, 0.3) is 0 Å². The summed E-state index contributed by atoms with van der Waals surface area (Å²) >= 11 is 5.57. The molecule has 0 aromatic rings. The molecule has 0 bridgehead atoms. The minimum absolute atomic E-state index is 0.245. The zero-order chi connectivity index (χ0) is 12.6. The summed E-state index contributed by atoms with van der Waals surface area (Å²) in [6, 6.07) is 0. The van der Waals surface area contributed by atoms with Crippen LogP contribution in [0.3, 0.4) is 0 Å². The molecule has 0 radical (unpaired) electrons. The van der Waals surface area contributed by atoms with E-state index in [1.807, 2.05) is 0 Å². The summed E-state index contributed by atoms with van der Waals surface area (Å²) in [5, 5.41) is 0. The molecule has 5 heteroatoms. The number of rotatable bonds is 7. The number of hydrogen-bond donors (Lipinski definition) is 0. The van der Waals surface area contributed by atoms with Crippen molar-refractivity contribution in [2.45, 2.75) is 33.6 Å². The first-order valence-electron chi connectivity index (χ1n) is 5.43. The molecule has 0 atom stereocenters. The Hall–Kier alpha value is -0.770. The van der Waals surface area contributed by atoms with Crippen molar-refractivity contribution in [3.63, 3.8) is 0 Å². The maximum Gasteiger partial charge on any atom is 0.323 e. The second-order valence-corrected chi connectivity index (χ2v) is 3.94. The smallest absolute Gasteiger partial charge is 0.323 e. The van der Waals surface area contributed by atoms with Gasteiger partial charge in [-0.1, -0.05) is 0 Å². The van der Waals surface area contributed by atoms with E-state index in [4.69, 9.17) is 21.1 Å². The van der Waals surface area contributed by atoms with Crippen LogP contribution in [0.1, 0.15) is 33.6 Å². The molecule has 0 unspecified atom stereocenters. The van der Waals surface area contributed by atoms with Gasteiger partial charge in [-0.3, -0.25) is 9.59 Å². The molecule has 0 N–H and O–H groups in total. The fraction of sp³-hybridized carbons (Fsp3) is 0.818. The van der Waals surface area contributed by atoms with Crippen molar-refractivity contribution in [1.29, 1.82) is 0 Å². The van der Waals surface area contributed by atoms with Gasteiger partial charge in [0.15, 0.2) is 5.41 Å². The van der Waals surface area contributed by atoms with E-state index in [1.165, 1.54) is 6.92 Å². The lowest BCUT2D eigenvalue weighted by molar-refractivity contribution is -0.171. The molecule has 0 amide bonds. The molecule has 0 spiro atoms. The zero-order valence-corrected chi connectivity index (χ0v) is 10.8. The summed E-state index contributed by atoms with van der Waals surface area (Å²) in [6.07, 6.45) is 0.907. The maximum atomic E-state index is 11.7. The normalized spacial score (nSPS) is 11.0. The Kier molecular flexibility index (Phi) is 7.13. The molecule has 0 rings (SSSR count). The third-order valence-electron chi connectivity index (χ3n) is 2.26. The molecular weight excluding hydrogens is 232 g/mol. The van der Waals surface area contributed by atoms with Crippen molar-refractivity contribution < 1.29 is 19.1 Å². The zero-order valence-electron chi connectivity index (χ0n) is 10.0. The van der Waals surface area contributed by atoms with Crippen LogP contribution in [0.4, 0.5) is 0 Å². The molecule has 94 valence electrons. The lowest BCUT2D eigenvalue weighted by Gasteiger charge is -2.24. The van der Waals surface area contributed by atoms with Gasteiger partial charge in [-0.25, -0.2) is 0 Å². The first-order valence-corrected chi connectivity index (χ1v) is 5.96. The summed E-state index contributed by atoms with van der Waals surface area (Å²) in [5.74, 6) is -0.689. The van der Waals surface area contributed by atoms with Gasteiger partial charge >= 0.3 is 11.9 Å². The molecule has 0 aliphatic carbocycles. The van der Waals surface area contributed by atoms with Crippen LogP contribution in [0.25, 0.3) is 0 Å². The van der Waals surface area contributed by atoms with Crippen LogP contribution in [0.15, 0.2) is 0 Å². The number of halogens is 1. The van der Waals surface area contributed by atoms with E-state index in [2.05, 4.69) is 0 Å². The van der Waals surface area contributed by atoms with Crippen molar-refractivity contribution >= 4 is 23.5 Å². The van der Waals surface area contributed by atoms with Crippen molar-refractivity contribution in [2.75, 3.05) is 19.1 Å². The summed E-state index contributed by atoms with van der Waals surface area (Å²) in [4.78, 5) is 23.4. The molecule has 0 saturated heterocycles. The number of carbonyl (C=O) groups excluding carboxylic acids is 2. The van der Waals surface area contributed by atoms with Crippen LogP contribution >= 0.6 is 11.6 Å². The largest absolute Gasteiger partial charge is 0.465 e. The highest BCUT2D eigenvalue weighted by atomic mass is 35.5. The van der Waals surface area contributed by atoms with E-state index >= 15 is 0 Å². The van der Waals surface area contributed by atoms with E-state index in [9.17, 15) is 9.59 Å². The van der Waals surface area contributed by atoms with Crippen molar-refractivity contribution in [3.8, 4) is 0 Å². The van der Waals surface area contributed by atoms with Gasteiger partial charge in [-0.2, -0.15) is 0 Å². The highest BCUT2D eigenvalue weighted by Crippen LogP contribution is 2.27.